The molecular formula is C18H19N7S. The predicted octanol–water partition coefficient (Wildman–Crippen LogP) is 2.68. The zero-order valence-electron chi connectivity index (χ0n) is 15.0. The Bertz CT molecular complexity index is 1010. The smallest absolute Gasteiger partial charge is 0.183 e. The molecule has 1 saturated heterocycles. The van der Waals surface area contributed by atoms with E-state index in [-0.39, 0.29) is 6.04 Å². The Kier molecular flexibility index (Phi) is 4.17. The number of rotatable bonds is 2. The molecule has 0 aliphatic carbocycles. The van der Waals surface area contributed by atoms with E-state index in [0.717, 1.165) is 41.5 Å². The fourth-order valence-electron chi connectivity index (χ4n) is 3.48. The van der Waals surface area contributed by atoms with Crippen molar-refractivity contribution in [2.75, 3.05) is 29.4 Å². The third kappa shape index (κ3) is 2.74. The van der Waals surface area contributed by atoms with Gasteiger partial charge in [0.15, 0.2) is 11.5 Å². The highest BCUT2D eigenvalue weighted by Crippen LogP contribution is 2.33. The lowest BCUT2D eigenvalue weighted by Gasteiger charge is -2.41. The van der Waals surface area contributed by atoms with E-state index in [4.69, 9.17) is 4.98 Å². The molecule has 1 fully saturated rings. The summed E-state index contributed by atoms with van der Waals surface area (Å²) in [6, 6.07) is 2.37. The van der Waals surface area contributed by atoms with Gasteiger partial charge >= 0.3 is 0 Å². The van der Waals surface area contributed by atoms with Crippen LogP contribution in [0.3, 0.4) is 0 Å². The number of hydrogen-bond donors (Lipinski definition) is 0. The summed E-state index contributed by atoms with van der Waals surface area (Å²) >= 11 is 1.67. The van der Waals surface area contributed by atoms with E-state index in [1.807, 2.05) is 6.92 Å². The minimum atomic E-state index is 0.231. The summed E-state index contributed by atoms with van der Waals surface area (Å²) in [6.07, 6.45) is 3.20. The number of piperazine rings is 1. The molecular weight excluding hydrogens is 346 g/mol. The molecule has 0 spiro atoms. The van der Waals surface area contributed by atoms with Crippen molar-refractivity contribution >= 4 is 33.2 Å². The van der Waals surface area contributed by atoms with E-state index >= 15 is 0 Å². The molecule has 7 nitrogen and oxygen atoms in total. The number of aromatic nitrogens is 4. The summed E-state index contributed by atoms with van der Waals surface area (Å²) < 4.78 is 0. The molecule has 4 heterocycles. The zero-order valence-corrected chi connectivity index (χ0v) is 15.8. The second-order valence-electron chi connectivity index (χ2n) is 6.52. The summed E-state index contributed by atoms with van der Waals surface area (Å²) in [5.41, 5.74) is 1.59. The average Bonchev–Trinajstić information content (AvgIpc) is 3.01. The Morgan fingerprint density at radius 1 is 1.15 bits per heavy atom. The van der Waals surface area contributed by atoms with Crippen molar-refractivity contribution in [1.82, 2.24) is 19.9 Å². The van der Waals surface area contributed by atoms with Gasteiger partial charge in [0, 0.05) is 38.1 Å². The number of fused-ring (bicyclic) bond motifs is 1. The molecule has 0 saturated carbocycles. The first-order valence-electron chi connectivity index (χ1n) is 8.53. The third-order valence-corrected chi connectivity index (χ3v) is 5.68. The van der Waals surface area contributed by atoms with E-state index < -0.39 is 0 Å². The summed E-state index contributed by atoms with van der Waals surface area (Å²) in [5, 5.41) is 12.6. The molecule has 0 amide bonds. The molecule has 1 unspecified atom stereocenters. The Morgan fingerprint density at radius 2 is 1.96 bits per heavy atom. The Balaban J connectivity index is 1.66. The van der Waals surface area contributed by atoms with Gasteiger partial charge in [-0.15, -0.1) is 11.3 Å². The molecule has 0 aromatic carbocycles. The van der Waals surface area contributed by atoms with Crippen LogP contribution in [0.15, 0.2) is 17.8 Å². The van der Waals surface area contributed by atoms with Crippen molar-refractivity contribution in [3.8, 4) is 6.07 Å². The first-order valence-corrected chi connectivity index (χ1v) is 9.41. The standard InChI is InChI=1S/C18H19N7S/c1-11-10-26-18-15(11)17(22-13(3)23-18)25-7-6-24(9-12(25)2)16-14(8-19)20-4-5-21-16/h4-5,10,12H,6-7,9H2,1-3H3. The van der Waals surface area contributed by atoms with Crippen molar-refractivity contribution in [3.63, 3.8) is 0 Å². The van der Waals surface area contributed by atoms with Gasteiger partial charge in [0.1, 0.15) is 22.5 Å². The lowest BCUT2D eigenvalue weighted by molar-refractivity contribution is 0.542. The largest absolute Gasteiger partial charge is 0.350 e. The highest BCUT2D eigenvalue weighted by Gasteiger charge is 2.29. The number of hydrogen-bond acceptors (Lipinski definition) is 8. The summed E-state index contributed by atoms with van der Waals surface area (Å²) in [4.78, 5) is 23.4. The predicted molar refractivity (Wildman–Crippen MR) is 103 cm³/mol. The van der Waals surface area contributed by atoms with Gasteiger partial charge in [-0.1, -0.05) is 0 Å². The minimum Gasteiger partial charge on any atom is -0.350 e. The SMILES string of the molecule is Cc1nc(N2CCN(c3nccnc3C#N)CC2C)c2c(C)csc2n1. The van der Waals surface area contributed by atoms with E-state index in [9.17, 15) is 5.26 Å². The van der Waals surface area contributed by atoms with Crippen LogP contribution >= 0.6 is 11.3 Å². The highest BCUT2D eigenvalue weighted by atomic mass is 32.1. The molecule has 0 bridgehead atoms. The lowest BCUT2D eigenvalue weighted by Crippen LogP contribution is -2.53. The molecule has 1 atom stereocenters. The van der Waals surface area contributed by atoms with Gasteiger partial charge in [0.05, 0.1) is 5.39 Å². The monoisotopic (exact) mass is 365 g/mol. The van der Waals surface area contributed by atoms with Gasteiger partial charge in [-0.25, -0.2) is 19.9 Å². The molecule has 1 aliphatic rings. The van der Waals surface area contributed by atoms with Crippen LogP contribution in [-0.2, 0) is 0 Å². The zero-order chi connectivity index (χ0) is 18.3. The molecule has 8 heteroatoms. The third-order valence-electron chi connectivity index (χ3n) is 4.69. The van der Waals surface area contributed by atoms with Crippen molar-refractivity contribution in [2.45, 2.75) is 26.8 Å². The lowest BCUT2D eigenvalue weighted by atomic mass is 10.1. The van der Waals surface area contributed by atoms with Crippen LogP contribution in [-0.4, -0.2) is 45.6 Å². The Morgan fingerprint density at radius 3 is 2.73 bits per heavy atom. The highest BCUT2D eigenvalue weighted by molar-refractivity contribution is 7.17. The maximum Gasteiger partial charge on any atom is 0.183 e. The summed E-state index contributed by atoms with van der Waals surface area (Å²) in [6.45, 7) is 8.58. The van der Waals surface area contributed by atoms with Gasteiger partial charge in [0.2, 0.25) is 0 Å². The topological polar surface area (TPSA) is 81.8 Å². The minimum absolute atomic E-state index is 0.231. The molecule has 3 aromatic rings. The van der Waals surface area contributed by atoms with Crippen molar-refractivity contribution < 1.29 is 0 Å². The number of nitrogens with zero attached hydrogens (tertiary/aromatic N) is 7. The van der Waals surface area contributed by atoms with E-state index in [1.54, 1.807) is 23.7 Å². The van der Waals surface area contributed by atoms with Gasteiger partial charge in [-0.2, -0.15) is 5.26 Å². The first kappa shape index (κ1) is 16.7. The number of aryl methyl sites for hydroxylation is 2. The first-order chi connectivity index (χ1) is 12.6. The molecule has 3 aromatic heterocycles. The van der Waals surface area contributed by atoms with Crippen molar-refractivity contribution in [3.05, 3.63) is 34.9 Å². The molecule has 132 valence electrons. The van der Waals surface area contributed by atoms with Crippen LogP contribution in [0.2, 0.25) is 0 Å². The average molecular weight is 365 g/mol. The summed E-state index contributed by atoms with van der Waals surface area (Å²) in [7, 11) is 0. The molecule has 4 rings (SSSR count). The van der Waals surface area contributed by atoms with Crippen LogP contribution < -0.4 is 9.80 Å². The number of anilines is 2. The Labute approximate surface area is 156 Å². The van der Waals surface area contributed by atoms with Crippen LogP contribution in [0, 0.1) is 25.2 Å². The van der Waals surface area contributed by atoms with E-state index in [1.165, 1.54) is 5.56 Å². The van der Waals surface area contributed by atoms with Crippen LogP contribution in [0.1, 0.15) is 24.0 Å². The van der Waals surface area contributed by atoms with Crippen LogP contribution in [0.5, 0.6) is 0 Å². The van der Waals surface area contributed by atoms with Gasteiger partial charge in [0.25, 0.3) is 0 Å². The van der Waals surface area contributed by atoms with E-state index in [2.05, 4.69) is 50.0 Å². The second-order valence-corrected chi connectivity index (χ2v) is 7.38. The van der Waals surface area contributed by atoms with Gasteiger partial charge in [-0.05, 0) is 31.7 Å². The van der Waals surface area contributed by atoms with E-state index in [0.29, 0.717) is 11.5 Å². The quantitative estimate of drug-likeness (QED) is 0.690. The fraction of sp³-hybridized carbons (Fsp3) is 0.389. The number of nitriles is 1. The normalized spacial score (nSPS) is 17.5. The van der Waals surface area contributed by atoms with Crippen LogP contribution in [0.4, 0.5) is 11.6 Å². The Hall–Kier alpha value is -2.79. The molecule has 26 heavy (non-hydrogen) atoms. The molecule has 0 N–H and O–H groups in total. The van der Waals surface area contributed by atoms with Crippen LogP contribution in [0.25, 0.3) is 10.2 Å². The van der Waals surface area contributed by atoms with Gasteiger partial charge < -0.3 is 9.80 Å². The maximum atomic E-state index is 9.30. The fourth-order valence-corrected chi connectivity index (χ4v) is 4.44. The second kappa shape index (κ2) is 6.50. The molecule has 0 radical (unpaired) electrons. The molecule has 1 aliphatic heterocycles. The van der Waals surface area contributed by atoms with Crippen molar-refractivity contribution in [2.24, 2.45) is 0 Å². The maximum absolute atomic E-state index is 9.30. The van der Waals surface area contributed by atoms with Gasteiger partial charge in [-0.3, -0.25) is 0 Å². The van der Waals surface area contributed by atoms with Crippen molar-refractivity contribution in [1.29, 1.82) is 5.26 Å². The summed E-state index contributed by atoms with van der Waals surface area (Å²) in [5.74, 6) is 2.47. The number of thiophene rings is 1.